The highest BCUT2D eigenvalue weighted by Crippen LogP contribution is 1.97. The largest absolute Gasteiger partial charge is 0.361 e. The number of carbonyl (C=O) groups excluding carboxylic acids is 1. The van der Waals surface area contributed by atoms with Crippen molar-refractivity contribution in [2.45, 2.75) is 13.7 Å². The predicted octanol–water partition coefficient (Wildman–Crippen LogP) is 1.29. The smallest absolute Gasteiger partial charge is 0.151 e. The molecule has 1 aromatic rings. The molecule has 0 bridgehead atoms. The molecule has 0 aromatic carbocycles. The predicted molar refractivity (Wildman–Crippen MR) is 41.4 cm³/mol. The summed E-state index contributed by atoms with van der Waals surface area (Å²) in [5.41, 5.74) is 0.685. The summed E-state index contributed by atoms with van der Waals surface area (Å²) in [5, 5.41) is 0. The molecule has 1 rings (SSSR count). The van der Waals surface area contributed by atoms with Crippen molar-refractivity contribution in [1.29, 1.82) is 0 Å². The maximum absolute atomic E-state index is 10.2. The fourth-order valence-electron chi connectivity index (χ4n) is 0.806. The molecule has 60 valence electrons. The second kappa shape index (κ2) is 3.93. The van der Waals surface area contributed by atoms with Crippen LogP contribution in [0.5, 0.6) is 0 Å². The van der Waals surface area contributed by atoms with Gasteiger partial charge in [-0.25, -0.2) is 0 Å². The third-order valence-electron chi connectivity index (χ3n) is 1.35. The fourth-order valence-corrected chi connectivity index (χ4v) is 0.806. The van der Waals surface area contributed by atoms with Gasteiger partial charge in [-0.05, 0) is 13.0 Å². The summed E-state index contributed by atoms with van der Waals surface area (Å²) < 4.78 is 6.95. The van der Waals surface area contributed by atoms with Gasteiger partial charge in [0.2, 0.25) is 0 Å². The summed E-state index contributed by atoms with van der Waals surface area (Å²) in [6.07, 6.45) is 4.39. The Balaban J connectivity index is 2.51. The molecule has 0 aliphatic rings. The molecule has 0 radical (unpaired) electrons. The Morgan fingerprint density at radius 3 is 3.09 bits per heavy atom. The molecule has 1 aromatic heterocycles. The molecule has 0 unspecified atom stereocenters. The lowest BCUT2D eigenvalue weighted by molar-refractivity contribution is 0.0880. The van der Waals surface area contributed by atoms with Gasteiger partial charge in [-0.15, -0.1) is 0 Å². The first-order chi connectivity index (χ1) is 5.36. The Bertz CT molecular complexity index is 230. The van der Waals surface area contributed by atoms with E-state index in [0.29, 0.717) is 18.9 Å². The minimum absolute atomic E-state index is 0.518. The number of carbonyl (C=O) groups is 1. The van der Waals surface area contributed by atoms with Crippen LogP contribution in [0.25, 0.3) is 0 Å². The molecule has 0 saturated carbocycles. The molecule has 0 amide bonds. The maximum atomic E-state index is 10.2. The topological polar surface area (TPSA) is 31.2 Å². The third-order valence-corrected chi connectivity index (χ3v) is 1.35. The monoisotopic (exact) mass is 153 g/mol. The van der Waals surface area contributed by atoms with Crippen molar-refractivity contribution in [2.75, 3.05) is 6.61 Å². The first kappa shape index (κ1) is 8.01. The number of ether oxygens (including phenoxy) is 1. The van der Waals surface area contributed by atoms with Gasteiger partial charge in [0.05, 0.1) is 0 Å². The van der Waals surface area contributed by atoms with E-state index in [1.54, 1.807) is 12.3 Å². The minimum atomic E-state index is 0.518. The normalized spacial score (nSPS) is 9.91. The molecule has 1 heterocycles. The van der Waals surface area contributed by atoms with Crippen LogP contribution in [0.1, 0.15) is 17.3 Å². The van der Waals surface area contributed by atoms with Crippen molar-refractivity contribution in [3.63, 3.8) is 0 Å². The van der Waals surface area contributed by atoms with Gasteiger partial charge in [-0.1, -0.05) is 0 Å². The Morgan fingerprint density at radius 1 is 1.73 bits per heavy atom. The second-order valence-corrected chi connectivity index (χ2v) is 2.20. The van der Waals surface area contributed by atoms with Crippen LogP contribution < -0.4 is 0 Å². The molecule has 0 aliphatic carbocycles. The lowest BCUT2D eigenvalue weighted by Gasteiger charge is -2.00. The number of nitrogens with zero attached hydrogens (tertiary/aromatic N) is 1. The first-order valence-corrected chi connectivity index (χ1v) is 3.55. The second-order valence-electron chi connectivity index (χ2n) is 2.20. The average molecular weight is 153 g/mol. The summed E-state index contributed by atoms with van der Waals surface area (Å²) in [6, 6.07) is 1.76. The fraction of sp³-hybridized carbons (Fsp3) is 0.375. The standard InChI is InChI=1S/C8H11NO2/c1-2-11-7-9-4-3-8(5-9)6-10/h3-6H,2,7H2,1H3. The highest BCUT2D eigenvalue weighted by molar-refractivity contribution is 5.74. The maximum Gasteiger partial charge on any atom is 0.151 e. The van der Waals surface area contributed by atoms with Crippen LogP contribution in [0.3, 0.4) is 0 Å². The van der Waals surface area contributed by atoms with E-state index in [9.17, 15) is 4.79 Å². The van der Waals surface area contributed by atoms with Gasteiger partial charge >= 0.3 is 0 Å². The Labute approximate surface area is 65.6 Å². The molecule has 0 atom stereocenters. The highest BCUT2D eigenvalue weighted by atomic mass is 16.5. The van der Waals surface area contributed by atoms with Gasteiger partial charge in [0.1, 0.15) is 6.73 Å². The van der Waals surface area contributed by atoms with Crippen molar-refractivity contribution >= 4 is 6.29 Å². The van der Waals surface area contributed by atoms with Gasteiger partial charge in [-0.3, -0.25) is 4.79 Å². The van der Waals surface area contributed by atoms with E-state index >= 15 is 0 Å². The molecule has 0 N–H and O–H groups in total. The zero-order valence-corrected chi connectivity index (χ0v) is 6.49. The number of hydrogen-bond donors (Lipinski definition) is 0. The van der Waals surface area contributed by atoms with E-state index in [4.69, 9.17) is 4.74 Å². The van der Waals surface area contributed by atoms with Crippen molar-refractivity contribution in [1.82, 2.24) is 4.57 Å². The minimum Gasteiger partial charge on any atom is -0.361 e. The third kappa shape index (κ3) is 2.20. The summed E-state index contributed by atoms with van der Waals surface area (Å²) in [5.74, 6) is 0. The SMILES string of the molecule is CCOCn1ccc(C=O)c1. The number of aromatic nitrogens is 1. The van der Waals surface area contributed by atoms with E-state index < -0.39 is 0 Å². The zero-order valence-electron chi connectivity index (χ0n) is 6.49. The van der Waals surface area contributed by atoms with Crippen LogP contribution in [0.4, 0.5) is 0 Å². The number of rotatable bonds is 4. The van der Waals surface area contributed by atoms with Crippen LogP contribution in [0.15, 0.2) is 18.5 Å². The van der Waals surface area contributed by atoms with Crippen LogP contribution in [0.2, 0.25) is 0 Å². The van der Waals surface area contributed by atoms with Crippen LogP contribution in [-0.2, 0) is 11.5 Å². The zero-order chi connectivity index (χ0) is 8.10. The van der Waals surface area contributed by atoms with E-state index in [2.05, 4.69) is 0 Å². The molecule has 3 heteroatoms. The molecule has 0 saturated heterocycles. The van der Waals surface area contributed by atoms with Crippen molar-refractivity contribution in [3.8, 4) is 0 Å². The van der Waals surface area contributed by atoms with E-state index in [1.807, 2.05) is 17.7 Å². The van der Waals surface area contributed by atoms with Gasteiger partial charge in [0.15, 0.2) is 6.29 Å². The summed E-state index contributed by atoms with van der Waals surface area (Å²) >= 11 is 0. The van der Waals surface area contributed by atoms with Crippen molar-refractivity contribution in [3.05, 3.63) is 24.0 Å². The molecule has 0 spiro atoms. The Morgan fingerprint density at radius 2 is 2.55 bits per heavy atom. The van der Waals surface area contributed by atoms with E-state index in [0.717, 1.165) is 6.29 Å². The lowest BCUT2D eigenvalue weighted by atomic mass is 10.4. The van der Waals surface area contributed by atoms with Gasteiger partial charge in [-0.2, -0.15) is 0 Å². The quantitative estimate of drug-likeness (QED) is 0.610. The van der Waals surface area contributed by atoms with Crippen molar-refractivity contribution < 1.29 is 9.53 Å². The lowest BCUT2D eigenvalue weighted by Crippen LogP contribution is -1.98. The number of aldehydes is 1. The van der Waals surface area contributed by atoms with Crippen LogP contribution in [-0.4, -0.2) is 17.5 Å². The molecule has 3 nitrogen and oxygen atoms in total. The van der Waals surface area contributed by atoms with Crippen LogP contribution in [0, 0.1) is 0 Å². The van der Waals surface area contributed by atoms with Crippen molar-refractivity contribution in [2.24, 2.45) is 0 Å². The summed E-state index contributed by atoms with van der Waals surface area (Å²) in [4.78, 5) is 10.2. The Kier molecular flexibility index (Phi) is 2.86. The Hall–Kier alpha value is -1.09. The summed E-state index contributed by atoms with van der Waals surface area (Å²) in [7, 11) is 0. The first-order valence-electron chi connectivity index (χ1n) is 3.55. The summed E-state index contributed by atoms with van der Waals surface area (Å²) in [6.45, 7) is 3.14. The van der Waals surface area contributed by atoms with Crippen LogP contribution >= 0.6 is 0 Å². The molecule has 0 aliphatic heterocycles. The molecular formula is C8H11NO2. The van der Waals surface area contributed by atoms with Gasteiger partial charge in [0, 0.05) is 24.6 Å². The van der Waals surface area contributed by atoms with Gasteiger partial charge < -0.3 is 9.30 Å². The molecule has 0 fully saturated rings. The van der Waals surface area contributed by atoms with E-state index in [1.165, 1.54) is 0 Å². The van der Waals surface area contributed by atoms with Gasteiger partial charge in [0.25, 0.3) is 0 Å². The average Bonchev–Trinajstić information content (AvgIpc) is 2.48. The highest BCUT2D eigenvalue weighted by Gasteiger charge is 1.92. The molecular weight excluding hydrogens is 142 g/mol. The number of hydrogen-bond acceptors (Lipinski definition) is 2. The van der Waals surface area contributed by atoms with E-state index in [-0.39, 0.29) is 0 Å². The molecule has 11 heavy (non-hydrogen) atoms.